The average Bonchev–Trinajstić information content (AvgIpc) is 2.90. The summed E-state index contributed by atoms with van der Waals surface area (Å²) in [5, 5.41) is 3.33. The Hall–Kier alpha value is -0.480. The van der Waals surface area contributed by atoms with E-state index in [0.717, 1.165) is 18.1 Å². The van der Waals surface area contributed by atoms with E-state index < -0.39 is 0 Å². The van der Waals surface area contributed by atoms with Crippen LogP contribution in [0.25, 0.3) is 0 Å². The van der Waals surface area contributed by atoms with Gasteiger partial charge in [-0.25, -0.2) is 0 Å². The summed E-state index contributed by atoms with van der Waals surface area (Å²) in [4.78, 5) is 14.5. The Morgan fingerprint density at radius 3 is 2.82 bits per heavy atom. The quantitative estimate of drug-likeness (QED) is 0.774. The summed E-state index contributed by atoms with van der Waals surface area (Å²) < 4.78 is 0. The van der Waals surface area contributed by atoms with E-state index >= 15 is 0 Å². The van der Waals surface area contributed by atoms with Gasteiger partial charge in [-0.15, -0.1) is 6.58 Å². The van der Waals surface area contributed by atoms with Gasteiger partial charge in [-0.3, -0.25) is 4.79 Å². The second-order valence-corrected chi connectivity index (χ2v) is 5.95. The van der Waals surface area contributed by atoms with Gasteiger partial charge in [-0.1, -0.05) is 18.9 Å². The van der Waals surface area contributed by atoms with Crippen molar-refractivity contribution < 1.29 is 4.79 Å². The Morgan fingerprint density at radius 1 is 1.47 bits per heavy atom. The van der Waals surface area contributed by atoms with Crippen molar-refractivity contribution >= 4 is 17.7 Å². The molecular weight excluding hydrogens is 232 g/mol. The van der Waals surface area contributed by atoms with E-state index in [9.17, 15) is 4.79 Å². The number of nitrogens with zero attached hydrogens (tertiary/aromatic N) is 1. The van der Waals surface area contributed by atoms with Crippen molar-refractivity contribution in [3.8, 4) is 0 Å². The molecule has 1 N–H and O–H groups in total. The maximum atomic E-state index is 12.5. The molecule has 0 aromatic heterocycles. The SMILES string of the molecule is C=CCN(C(=O)C1CSCCN1)C1CCCC1. The van der Waals surface area contributed by atoms with Gasteiger partial charge >= 0.3 is 0 Å². The molecule has 4 heteroatoms. The lowest BCUT2D eigenvalue weighted by atomic mass is 10.1. The van der Waals surface area contributed by atoms with E-state index in [1.165, 1.54) is 25.7 Å². The summed E-state index contributed by atoms with van der Waals surface area (Å²) in [5.41, 5.74) is 0. The van der Waals surface area contributed by atoms with Crippen LogP contribution in [0.15, 0.2) is 12.7 Å². The summed E-state index contributed by atoms with van der Waals surface area (Å²) in [6.45, 7) is 5.43. The predicted molar refractivity (Wildman–Crippen MR) is 73.3 cm³/mol. The van der Waals surface area contributed by atoms with Gasteiger partial charge in [0.2, 0.25) is 5.91 Å². The van der Waals surface area contributed by atoms with Gasteiger partial charge in [-0.05, 0) is 12.8 Å². The van der Waals surface area contributed by atoms with Gasteiger partial charge in [0.25, 0.3) is 0 Å². The van der Waals surface area contributed by atoms with Gasteiger partial charge in [0.15, 0.2) is 0 Å². The van der Waals surface area contributed by atoms with Crippen LogP contribution in [0, 0.1) is 0 Å². The molecule has 0 spiro atoms. The third-order valence-electron chi connectivity index (χ3n) is 3.59. The average molecular weight is 254 g/mol. The molecule has 0 bridgehead atoms. The number of rotatable bonds is 4. The Balaban J connectivity index is 1.97. The lowest BCUT2D eigenvalue weighted by Crippen LogP contribution is -2.53. The summed E-state index contributed by atoms with van der Waals surface area (Å²) >= 11 is 1.87. The van der Waals surface area contributed by atoms with Crippen LogP contribution in [0.1, 0.15) is 25.7 Å². The van der Waals surface area contributed by atoms with Crippen LogP contribution < -0.4 is 5.32 Å². The van der Waals surface area contributed by atoms with Gasteiger partial charge in [-0.2, -0.15) is 11.8 Å². The molecule has 1 atom stereocenters. The molecular formula is C13H22N2OS. The van der Waals surface area contributed by atoms with Crippen molar-refractivity contribution in [1.29, 1.82) is 0 Å². The van der Waals surface area contributed by atoms with Crippen molar-refractivity contribution in [1.82, 2.24) is 10.2 Å². The molecule has 2 fully saturated rings. The second kappa shape index (κ2) is 6.45. The largest absolute Gasteiger partial charge is 0.335 e. The topological polar surface area (TPSA) is 32.3 Å². The number of thioether (sulfide) groups is 1. The van der Waals surface area contributed by atoms with Crippen molar-refractivity contribution in [3.63, 3.8) is 0 Å². The van der Waals surface area contributed by atoms with Crippen LogP contribution >= 0.6 is 11.8 Å². The van der Waals surface area contributed by atoms with Crippen LogP contribution in [0.5, 0.6) is 0 Å². The summed E-state index contributed by atoms with van der Waals surface area (Å²) in [5.74, 6) is 2.32. The number of hydrogen-bond donors (Lipinski definition) is 1. The number of nitrogens with one attached hydrogen (secondary N) is 1. The van der Waals surface area contributed by atoms with E-state index in [2.05, 4.69) is 11.9 Å². The number of carbonyl (C=O) groups excluding carboxylic acids is 1. The minimum Gasteiger partial charge on any atom is -0.335 e. The monoisotopic (exact) mass is 254 g/mol. The molecule has 3 nitrogen and oxygen atoms in total. The fourth-order valence-corrected chi connectivity index (χ4v) is 3.62. The summed E-state index contributed by atoms with van der Waals surface area (Å²) in [6, 6.07) is 0.475. The van der Waals surface area contributed by atoms with Gasteiger partial charge < -0.3 is 10.2 Å². The molecule has 1 aliphatic heterocycles. The summed E-state index contributed by atoms with van der Waals surface area (Å²) in [6.07, 6.45) is 6.71. The molecule has 1 saturated carbocycles. The van der Waals surface area contributed by atoms with E-state index in [4.69, 9.17) is 0 Å². The van der Waals surface area contributed by atoms with Gasteiger partial charge in [0, 0.05) is 30.6 Å². The van der Waals surface area contributed by atoms with Crippen LogP contribution in [0.3, 0.4) is 0 Å². The molecule has 2 aliphatic rings. The molecule has 1 heterocycles. The Morgan fingerprint density at radius 2 is 2.24 bits per heavy atom. The van der Waals surface area contributed by atoms with Crippen LogP contribution in [0.4, 0.5) is 0 Å². The lowest BCUT2D eigenvalue weighted by Gasteiger charge is -2.33. The molecule has 2 rings (SSSR count). The van der Waals surface area contributed by atoms with Crippen molar-refractivity contribution in [3.05, 3.63) is 12.7 Å². The van der Waals surface area contributed by atoms with E-state index in [1.54, 1.807) is 0 Å². The smallest absolute Gasteiger partial charge is 0.241 e. The normalized spacial score (nSPS) is 25.8. The van der Waals surface area contributed by atoms with Gasteiger partial charge in [0.05, 0.1) is 6.04 Å². The van der Waals surface area contributed by atoms with Crippen molar-refractivity contribution in [2.45, 2.75) is 37.8 Å². The van der Waals surface area contributed by atoms with Crippen molar-refractivity contribution in [2.75, 3.05) is 24.6 Å². The first kappa shape index (κ1) is 13.0. The third-order valence-corrected chi connectivity index (χ3v) is 4.66. The number of carbonyl (C=O) groups is 1. The maximum Gasteiger partial charge on any atom is 0.241 e. The Labute approximate surface area is 108 Å². The zero-order valence-corrected chi connectivity index (χ0v) is 11.2. The molecule has 0 aromatic carbocycles. The molecule has 96 valence electrons. The predicted octanol–water partition coefficient (Wildman–Crippen LogP) is 1.65. The highest BCUT2D eigenvalue weighted by atomic mass is 32.2. The highest BCUT2D eigenvalue weighted by molar-refractivity contribution is 7.99. The standard InChI is InChI=1S/C13H22N2OS/c1-2-8-15(11-5-3-4-6-11)13(16)12-10-17-9-7-14-12/h2,11-12,14H,1,3-10H2. The van der Waals surface area contributed by atoms with Crippen LogP contribution in [-0.4, -0.2) is 47.5 Å². The van der Waals surface area contributed by atoms with Crippen molar-refractivity contribution in [2.24, 2.45) is 0 Å². The van der Waals surface area contributed by atoms with E-state index in [0.29, 0.717) is 12.6 Å². The maximum absolute atomic E-state index is 12.5. The molecule has 1 amide bonds. The molecule has 1 unspecified atom stereocenters. The lowest BCUT2D eigenvalue weighted by molar-refractivity contribution is -0.134. The molecule has 1 aliphatic carbocycles. The molecule has 1 saturated heterocycles. The zero-order chi connectivity index (χ0) is 12.1. The van der Waals surface area contributed by atoms with Gasteiger partial charge in [0.1, 0.15) is 0 Å². The second-order valence-electron chi connectivity index (χ2n) is 4.80. The highest BCUT2D eigenvalue weighted by Gasteiger charge is 2.31. The first-order valence-electron chi connectivity index (χ1n) is 6.55. The third kappa shape index (κ3) is 3.26. The first-order valence-corrected chi connectivity index (χ1v) is 7.71. The van der Waals surface area contributed by atoms with Crippen LogP contribution in [0.2, 0.25) is 0 Å². The number of amides is 1. The van der Waals surface area contributed by atoms with E-state index in [-0.39, 0.29) is 11.9 Å². The minimum absolute atomic E-state index is 0.0225. The zero-order valence-electron chi connectivity index (χ0n) is 10.4. The first-order chi connectivity index (χ1) is 8.33. The minimum atomic E-state index is 0.0225. The fraction of sp³-hybridized carbons (Fsp3) is 0.769. The highest BCUT2D eigenvalue weighted by Crippen LogP contribution is 2.24. The Bertz CT molecular complexity index is 271. The van der Waals surface area contributed by atoms with E-state index in [1.807, 2.05) is 22.7 Å². The summed E-state index contributed by atoms with van der Waals surface area (Å²) in [7, 11) is 0. The Kier molecular flexibility index (Phi) is 4.92. The molecule has 17 heavy (non-hydrogen) atoms. The molecule has 0 aromatic rings. The fourth-order valence-electron chi connectivity index (χ4n) is 2.70. The van der Waals surface area contributed by atoms with Crippen LogP contribution in [-0.2, 0) is 4.79 Å². The number of hydrogen-bond acceptors (Lipinski definition) is 3. The molecule has 0 radical (unpaired) electrons.